The van der Waals surface area contributed by atoms with E-state index in [1.54, 1.807) is 0 Å². The molecule has 3 aromatic carbocycles. The van der Waals surface area contributed by atoms with Gasteiger partial charge in [-0.05, 0) is 41.9 Å². The van der Waals surface area contributed by atoms with Gasteiger partial charge in [-0.1, -0.05) is 97.9 Å². The maximum absolute atomic E-state index is 12.7. The molecule has 3 atom stereocenters. The van der Waals surface area contributed by atoms with Crippen molar-refractivity contribution in [2.45, 2.75) is 31.5 Å². The SMILES string of the molecule is CC1CC(O)([Si](c2ccccc2)(c2ccccc2)c2ccccc2)C(C)CN1C. The first-order chi connectivity index (χ1) is 14.0. The van der Waals surface area contributed by atoms with E-state index in [9.17, 15) is 5.11 Å². The summed E-state index contributed by atoms with van der Waals surface area (Å²) in [6, 6.07) is 32.7. The zero-order chi connectivity index (χ0) is 20.5. The van der Waals surface area contributed by atoms with Gasteiger partial charge in [0, 0.05) is 12.6 Å². The summed E-state index contributed by atoms with van der Waals surface area (Å²) >= 11 is 0. The van der Waals surface area contributed by atoms with Gasteiger partial charge in [0.1, 0.15) is 0 Å². The molecule has 0 spiro atoms. The molecular formula is C26H31NOSi. The number of hydrogen-bond donors (Lipinski definition) is 1. The van der Waals surface area contributed by atoms with Crippen LogP contribution in [-0.4, -0.2) is 42.9 Å². The summed E-state index contributed by atoms with van der Waals surface area (Å²) in [5.74, 6) is 0.163. The lowest BCUT2D eigenvalue weighted by atomic mass is 9.91. The first kappa shape index (κ1) is 20.1. The summed E-state index contributed by atoms with van der Waals surface area (Å²) in [7, 11) is -0.575. The summed E-state index contributed by atoms with van der Waals surface area (Å²) in [5, 5.41) is 15.8. The lowest BCUT2D eigenvalue weighted by Crippen LogP contribution is -2.83. The number of hydrogen-bond acceptors (Lipinski definition) is 2. The average Bonchev–Trinajstić information content (AvgIpc) is 2.75. The minimum absolute atomic E-state index is 0.163. The van der Waals surface area contributed by atoms with E-state index < -0.39 is 13.3 Å². The summed E-state index contributed by atoms with van der Waals surface area (Å²) in [5.41, 5.74) is 0. The Balaban J connectivity index is 2.09. The molecular weight excluding hydrogens is 370 g/mol. The summed E-state index contributed by atoms with van der Waals surface area (Å²) in [4.78, 5) is 2.39. The zero-order valence-corrected chi connectivity index (χ0v) is 18.6. The van der Waals surface area contributed by atoms with E-state index in [4.69, 9.17) is 0 Å². The van der Waals surface area contributed by atoms with Crippen LogP contribution in [0.15, 0.2) is 91.0 Å². The molecule has 4 rings (SSSR count). The minimum Gasteiger partial charge on any atom is -0.392 e. The molecule has 0 amide bonds. The third-order valence-corrected chi connectivity index (χ3v) is 12.6. The van der Waals surface area contributed by atoms with E-state index in [-0.39, 0.29) is 5.92 Å². The molecule has 1 N–H and O–H groups in total. The second-order valence-corrected chi connectivity index (χ2v) is 12.8. The molecule has 29 heavy (non-hydrogen) atoms. The van der Waals surface area contributed by atoms with Crippen LogP contribution in [0, 0.1) is 5.92 Å². The Hall–Kier alpha value is -2.20. The highest BCUT2D eigenvalue weighted by Crippen LogP contribution is 2.38. The number of rotatable bonds is 4. The molecule has 0 saturated carbocycles. The molecule has 3 heteroatoms. The van der Waals surface area contributed by atoms with Gasteiger partial charge in [0.15, 0.2) is 8.07 Å². The average molecular weight is 402 g/mol. The highest BCUT2D eigenvalue weighted by atomic mass is 28.3. The van der Waals surface area contributed by atoms with Crippen molar-refractivity contribution in [3.05, 3.63) is 91.0 Å². The standard InChI is InChI=1S/C26H31NOSi/c1-21-20-27(3)22(2)19-26(21,28)29(23-13-7-4-8-14-23,24-15-9-5-10-16-24)25-17-11-6-12-18-25/h4-18,21-22,28H,19-20H2,1-3H3. The molecule has 0 bridgehead atoms. The molecule has 150 valence electrons. The predicted octanol–water partition coefficient (Wildman–Crippen LogP) is 2.79. The Morgan fingerprint density at radius 2 is 1.14 bits per heavy atom. The van der Waals surface area contributed by atoms with Crippen LogP contribution in [0.25, 0.3) is 0 Å². The van der Waals surface area contributed by atoms with Crippen LogP contribution in [0.4, 0.5) is 0 Å². The van der Waals surface area contributed by atoms with Crippen LogP contribution in [0.5, 0.6) is 0 Å². The molecule has 2 nitrogen and oxygen atoms in total. The number of aliphatic hydroxyl groups is 1. The fourth-order valence-corrected chi connectivity index (χ4v) is 11.4. The fourth-order valence-electron chi connectivity index (χ4n) is 5.41. The van der Waals surface area contributed by atoms with Gasteiger partial charge < -0.3 is 10.0 Å². The maximum atomic E-state index is 12.7. The third-order valence-electron chi connectivity index (χ3n) is 7.01. The Labute approximate surface area is 175 Å². The van der Waals surface area contributed by atoms with Crippen molar-refractivity contribution in [2.24, 2.45) is 5.92 Å². The first-order valence-corrected chi connectivity index (χ1v) is 12.6. The van der Waals surface area contributed by atoms with Gasteiger partial charge in [0.25, 0.3) is 0 Å². The fraction of sp³-hybridized carbons (Fsp3) is 0.308. The lowest BCUT2D eigenvalue weighted by molar-refractivity contribution is -0.0219. The molecule has 0 radical (unpaired) electrons. The van der Waals surface area contributed by atoms with E-state index in [1.807, 2.05) is 0 Å². The minimum atomic E-state index is -2.75. The monoisotopic (exact) mass is 401 g/mol. The molecule has 3 unspecified atom stereocenters. The lowest BCUT2D eigenvalue weighted by Gasteiger charge is -2.55. The van der Waals surface area contributed by atoms with Crippen LogP contribution in [-0.2, 0) is 0 Å². The van der Waals surface area contributed by atoms with Gasteiger partial charge in [-0.3, -0.25) is 0 Å². The second-order valence-electron chi connectivity index (χ2n) is 8.67. The molecule has 1 aliphatic heterocycles. The van der Waals surface area contributed by atoms with E-state index in [0.717, 1.165) is 13.0 Å². The van der Waals surface area contributed by atoms with Crippen LogP contribution in [0.2, 0.25) is 0 Å². The van der Waals surface area contributed by atoms with Crippen LogP contribution in [0.1, 0.15) is 20.3 Å². The van der Waals surface area contributed by atoms with Crippen molar-refractivity contribution in [3.63, 3.8) is 0 Å². The van der Waals surface area contributed by atoms with Crippen molar-refractivity contribution >= 4 is 23.6 Å². The van der Waals surface area contributed by atoms with Crippen molar-refractivity contribution in [2.75, 3.05) is 13.6 Å². The van der Waals surface area contributed by atoms with Crippen molar-refractivity contribution in [1.82, 2.24) is 4.90 Å². The first-order valence-electron chi connectivity index (χ1n) is 10.6. The predicted molar refractivity (Wildman–Crippen MR) is 125 cm³/mol. The Kier molecular flexibility index (Phi) is 5.47. The smallest absolute Gasteiger partial charge is 0.183 e. The van der Waals surface area contributed by atoms with Crippen molar-refractivity contribution in [1.29, 1.82) is 0 Å². The molecule has 0 aromatic heterocycles. The van der Waals surface area contributed by atoms with Crippen LogP contribution < -0.4 is 15.6 Å². The zero-order valence-electron chi connectivity index (χ0n) is 17.6. The van der Waals surface area contributed by atoms with E-state index in [0.29, 0.717) is 6.04 Å². The number of benzene rings is 3. The quantitative estimate of drug-likeness (QED) is 0.537. The van der Waals surface area contributed by atoms with E-state index >= 15 is 0 Å². The maximum Gasteiger partial charge on any atom is 0.183 e. The van der Waals surface area contributed by atoms with Crippen molar-refractivity contribution < 1.29 is 5.11 Å². The van der Waals surface area contributed by atoms with Gasteiger partial charge in [0.2, 0.25) is 0 Å². The highest BCUT2D eigenvalue weighted by Gasteiger charge is 2.60. The molecule has 1 aliphatic rings. The summed E-state index contributed by atoms with van der Waals surface area (Å²) < 4.78 is 0. The molecule has 1 saturated heterocycles. The van der Waals surface area contributed by atoms with Crippen molar-refractivity contribution in [3.8, 4) is 0 Å². The number of piperidine rings is 1. The topological polar surface area (TPSA) is 23.5 Å². The molecule has 0 aliphatic carbocycles. The highest BCUT2D eigenvalue weighted by molar-refractivity contribution is 7.13. The van der Waals surface area contributed by atoms with Gasteiger partial charge in [-0.2, -0.15) is 0 Å². The van der Waals surface area contributed by atoms with E-state index in [2.05, 4.69) is 117 Å². The molecule has 1 heterocycles. The van der Waals surface area contributed by atoms with Gasteiger partial charge >= 0.3 is 0 Å². The Morgan fingerprint density at radius 1 is 0.759 bits per heavy atom. The largest absolute Gasteiger partial charge is 0.392 e. The molecule has 3 aromatic rings. The number of likely N-dealkylation sites (tertiary alicyclic amines) is 1. The Morgan fingerprint density at radius 3 is 1.52 bits per heavy atom. The van der Waals surface area contributed by atoms with Gasteiger partial charge in [-0.25, -0.2) is 0 Å². The van der Waals surface area contributed by atoms with Gasteiger partial charge in [0.05, 0.1) is 5.22 Å². The van der Waals surface area contributed by atoms with Crippen LogP contribution in [0.3, 0.4) is 0 Å². The summed E-state index contributed by atoms with van der Waals surface area (Å²) in [6.45, 7) is 5.38. The van der Waals surface area contributed by atoms with E-state index in [1.165, 1.54) is 15.6 Å². The third kappa shape index (κ3) is 3.18. The number of nitrogens with zero attached hydrogens (tertiary/aromatic N) is 1. The second kappa shape index (κ2) is 7.90. The summed E-state index contributed by atoms with van der Waals surface area (Å²) in [6.07, 6.45) is 0.773. The normalized spacial score (nSPS) is 25.7. The van der Waals surface area contributed by atoms with Crippen LogP contribution >= 0.6 is 0 Å². The Bertz CT molecular complexity index is 834. The van der Waals surface area contributed by atoms with Gasteiger partial charge in [-0.15, -0.1) is 0 Å². The molecule has 1 fully saturated rings.